The Kier molecular flexibility index (Phi) is 7.43. The van der Waals surface area contributed by atoms with E-state index in [0.29, 0.717) is 16.8 Å². The molecular formula is C29H32BNO6. The van der Waals surface area contributed by atoms with E-state index >= 15 is 0 Å². The molecule has 3 aromatic rings. The molecule has 0 saturated carbocycles. The lowest BCUT2D eigenvalue weighted by Gasteiger charge is -2.24. The van der Waals surface area contributed by atoms with Crippen LogP contribution in [0.15, 0.2) is 60.7 Å². The Bertz CT molecular complexity index is 1280. The fourth-order valence-electron chi connectivity index (χ4n) is 4.83. The van der Waals surface area contributed by atoms with Crippen LogP contribution in [-0.2, 0) is 20.7 Å². The van der Waals surface area contributed by atoms with Gasteiger partial charge in [0, 0.05) is 18.7 Å². The van der Waals surface area contributed by atoms with Crippen LogP contribution in [0.3, 0.4) is 0 Å². The Morgan fingerprint density at radius 2 is 1.54 bits per heavy atom. The minimum absolute atomic E-state index is 0.0806. The molecule has 0 aliphatic heterocycles. The van der Waals surface area contributed by atoms with Gasteiger partial charge in [-0.3, -0.25) is 9.69 Å². The van der Waals surface area contributed by atoms with Crippen molar-refractivity contribution in [1.29, 1.82) is 0 Å². The minimum Gasteiger partial charge on any atom is -0.460 e. The molecule has 0 radical (unpaired) electrons. The zero-order chi connectivity index (χ0) is 26.9. The molecule has 1 aliphatic carbocycles. The molecule has 37 heavy (non-hydrogen) atoms. The Morgan fingerprint density at radius 3 is 2.08 bits per heavy atom. The largest absolute Gasteiger partial charge is 0.488 e. The lowest BCUT2D eigenvalue weighted by Crippen LogP contribution is -2.36. The number of nitrogens with zero attached hydrogens (tertiary/aromatic N) is 1. The number of hydrogen-bond donors (Lipinski definition) is 2. The summed E-state index contributed by atoms with van der Waals surface area (Å²) in [5.41, 5.74) is 5.47. The van der Waals surface area contributed by atoms with Gasteiger partial charge in [-0.25, -0.2) is 4.79 Å². The summed E-state index contributed by atoms with van der Waals surface area (Å²) in [6, 6.07) is 19.4. The topological polar surface area (TPSA) is 96.3 Å². The van der Waals surface area contributed by atoms with Crippen molar-refractivity contribution in [3.8, 4) is 11.1 Å². The van der Waals surface area contributed by atoms with Crippen LogP contribution >= 0.6 is 0 Å². The Hall–Kier alpha value is -3.62. The van der Waals surface area contributed by atoms with Crippen molar-refractivity contribution in [2.24, 2.45) is 0 Å². The number of esters is 1. The molecule has 0 spiro atoms. The van der Waals surface area contributed by atoms with Gasteiger partial charge >= 0.3 is 19.2 Å². The molecule has 7 nitrogen and oxygen atoms in total. The van der Waals surface area contributed by atoms with Crippen molar-refractivity contribution >= 4 is 30.3 Å². The third-order valence-corrected chi connectivity index (χ3v) is 6.50. The van der Waals surface area contributed by atoms with E-state index in [-0.39, 0.29) is 24.4 Å². The van der Waals surface area contributed by atoms with E-state index in [4.69, 9.17) is 9.47 Å². The van der Waals surface area contributed by atoms with Gasteiger partial charge in [0.2, 0.25) is 0 Å². The number of ether oxygens (including phenoxy) is 2. The quantitative estimate of drug-likeness (QED) is 0.393. The molecule has 4 rings (SSSR count). The summed E-state index contributed by atoms with van der Waals surface area (Å²) in [5, 5.41) is 19.9. The normalized spacial score (nSPS) is 12.5. The number of amides is 1. The van der Waals surface area contributed by atoms with Gasteiger partial charge in [0.05, 0.1) is 6.42 Å². The summed E-state index contributed by atoms with van der Waals surface area (Å²) < 4.78 is 11.2. The Morgan fingerprint density at radius 1 is 0.973 bits per heavy atom. The second-order valence-corrected chi connectivity index (χ2v) is 10.3. The van der Waals surface area contributed by atoms with Crippen molar-refractivity contribution in [3.63, 3.8) is 0 Å². The first-order valence-corrected chi connectivity index (χ1v) is 12.3. The third-order valence-electron chi connectivity index (χ3n) is 6.50. The van der Waals surface area contributed by atoms with E-state index in [1.807, 2.05) is 24.3 Å². The van der Waals surface area contributed by atoms with E-state index in [1.165, 1.54) is 4.90 Å². The van der Waals surface area contributed by atoms with Crippen LogP contribution in [0, 0.1) is 6.92 Å². The average molecular weight is 501 g/mol. The van der Waals surface area contributed by atoms with Gasteiger partial charge in [0.25, 0.3) is 0 Å². The van der Waals surface area contributed by atoms with Gasteiger partial charge in [-0.2, -0.15) is 0 Å². The SMILES string of the molecule is Cc1c(B(O)O)cc(CC(=O)OC(C)(C)C)cc1N(C)C(=O)OCC1c2ccccc2-c2ccccc21. The van der Waals surface area contributed by atoms with Gasteiger partial charge in [0.15, 0.2) is 0 Å². The fourth-order valence-corrected chi connectivity index (χ4v) is 4.83. The summed E-state index contributed by atoms with van der Waals surface area (Å²) in [5.74, 6) is -0.538. The van der Waals surface area contributed by atoms with Crippen LogP contribution in [0.2, 0.25) is 0 Å². The van der Waals surface area contributed by atoms with Gasteiger partial charge < -0.3 is 19.5 Å². The smallest absolute Gasteiger partial charge is 0.460 e. The van der Waals surface area contributed by atoms with Crippen LogP contribution < -0.4 is 10.4 Å². The lowest BCUT2D eigenvalue weighted by atomic mass is 9.75. The molecule has 192 valence electrons. The molecular weight excluding hydrogens is 469 g/mol. The summed E-state index contributed by atoms with van der Waals surface area (Å²) >= 11 is 0. The summed E-state index contributed by atoms with van der Waals surface area (Å²) in [6.07, 6.45) is -0.666. The molecule has 0 unspecified atom stereocenters. The molecule has 1 aliphatic rings. The number of benzene rings is 3. The second kappa shape index (κ2) is 10.4. The molecule has 0 fully saturated rings. The Labute approximate surface area is 217 Å². The zero-order valence-electron chi connectivity index (χ0n) is 21.8. The van der Waals surface area contributed by atoms with Gasteiger partial charge in [-0.05, 0) is 72.6 Å². The summed E-state index contributed by atoms with van der Waals surface area (Å²) in [4.78, 5) is 26.9. The highest BCUT2D eigenvalue weighted by atomic mass is 16.6. The monoisotopic (exact) mass is 501 g/mol. The third kappa shape index (κ3) is 5.71. The van der Waals surface area contributed by atoms with Crippen molar-refractivity contribution in [1.82, 2.24) is 0 Å². The van der Waals surface area contributed by atoms with Crippen molar-refractivity contribution in [3.05, 3.63) is 82.9 Å². The molecule has 0 aromatic heterocycles. The standard InChI is InChI=1S/C29H32BNO6/c1-18-25(30(34)35)14-19(16-27(32)37-29(2,3)4)15-26(18)31(5)28(33)36-17-24-22-12-8-6-10-20(22)21-11-7-9-13-23(21)24/h6-15,24,34-35H,16-17H2,1-5H3. The number of carbonyl (C=O) groups is 2. The maximum Gasteiger partial charge on any atom is 0.488 e. The first kappa shape index (κ1) is 26.4. The maximum atomic E-state index is 13.2. The van der Waals surface area contributed by atoms with Gasteiger partial charge in [-0.15, -0.1) is 0 Å². The number of anilines is 1. The van der Waals surface area contributed by atoms with Crippen LogP contribution in [0.4, 0.5) is 10.5 Å². The predicted octanol–water partition coefficient (Wildman–Crippen LogP) is 3.94. The molecule has 0 atom stereocenters. The Balaban J connectivity index is 1.55. The van der Waals surface area contributed by atoms with E-state index in [0.717, 1.165) is 22.3 Å². The van der Waals surface area contributed by atoms with E-state index in [9.17, 15) is 19.6 Å². The fraction of sp³-hybridized carbons (Fsp3) is 0.310. The number of rotatable bonds is 6. The number of carbonyl (C=O) groups excluding carboxylic acids is 2. The van der Waals surface area contributed by atoms with E-state index in [2.05, 4.69) is 24.3 Å². The van der Waals surface area contributed by atoms with Crippen LogP contribution in [0.1, 0.15) is 48.9 Å². The van der Waals surface area contributed by atoms with E-state index < -0.39 is 24.8 Å². The minimum atomic E-state index is -1.77. The molecule has 2 N–H and O–H groups in total. The molecule has 8 heteroatoms. The van der Waals surface area contributed by atoms with Crippen LogP contribution in [0.5, 0.6) is 0 Å². The maximum absolute atomic E-state index is 13.2. The van der Waals surface area contributed by atoms with Gasteiger partial charge in [-0.1, -0.05) is 54.6 Å². The second-order valence-electron chi connectivity index (χ2n) is 10.3. The van der Waals surface area contributed by atoms with Crippen LogP contribution in [0.25, 0.3) is 11.1 Å². The van der Waals surface area contributed by atoms with Crippen LogP contribution in [-0.4, -0.2) is 48.5 Å². The molecule has 3 aromatic carbocycles. The summed E-state index contributed by atoms with van der Waals surface area (Å²) in [7, 11) is -0.209. The number of hydrogen-bond acceptors (Lipinski definition) is 6. The first-order valence-electron chi connectivity index (χ1n) is 12.3. The summed E-state index contributed by atoms with van der Waals surface area (Å²) in [6.45, 7) is 7.18. The van der Waals surface area contributed by atoms with Crippen molar-refractivity contribution in [2.45, 2.75) is 45.6 Å². The molecule has 0 heterocycles. The lowest BCUT2D eigenvalue weighted by molar-refractivity contribution is -0.153. The number of fused-ring (bicyclic) bond motifs is 3. The highest BCUT2D eigenvalue weighted by molar-refractivity contribution is 6.59. The zero-order valence-corrected chi connectivity index (χ0v) is 21.8. The predicted molar refractivity (Wildman–Crippen MR) is 144 cm³/mol. The van der Waals surface area contributed by atoms with Gasteiger partial charge in [0.1, 0.15) is 12.2 Å². The van der Waals surface area contributed by atoms with Crippen molar-refractivity contribution in [2.75, 3.05) is 18.6 Å². The molecule has 0 saturated heterocycles. The highest BCUT2D eigenvalue weighted by Crippen LogP contribution is 2.44. The average Bonchev–Trinajstić information content (AvgIpc) is 3.15. The molecule has 0 bridgehead atoms. The van der Waals surface area contributed by atoms with E-state index in [1.54, 1.807) is 46.9 Å². The molecule has 1 amide bonds. The highest BCUT2D eigenvalue weighted by Gasteiger charge is 2.30. The first-order chi connectivity index (χ1) is 17.5. The van der Waals surface area contributed by atoms with Crippen molar-refractivity contribution < 1.29 is 29.1 Å².